The summed E-state index contributed by atoms with van der Waals surface area (Å²) in [5.41, 5.74) is 13.7. The molecule has 314 valence electrons. The van der Waals surface area contributed by atoms with Crippen molar-refractivity contribution in [3.63, 3.8) is 0 Å². The van der Waals surface area contributed by atoms with Gasteiger partial charge in [-0.15, -0.1) is 11.3 Å². The lowest BCUT2D eigenvalue weighted by Crippen LogP contribution is -1.93. The number of imidazole rings is 1. The highest BCUT2D eigenvalue weighted by atomic mass is 32.1. The van der Waals surface area contributed by atoms with Crippen molar-refractivity contribution in [1.29, 1.82) is 0 Å². The molecule has 0 spiro atoms. The van der Waals surface area contributed by atoms with Crippen LogP contribution < -0.4 is 0 Å². The van der Waals surface area contributed by atoms with E-state index in [4.69, 9.17) is 9.97 Å². The number of aromatic nitrogens is 3. The Kier molecular flexibility index (Phi) is 7.94. The van der Waals surface area contributed by atoms with Gasteiger partial charge in [0.2, 0.25) is 0 Å². The molecule has 0 atom stereocenters. The highest BCUT2D eigenvalue weighted by Crippen LogP contribution is 2.44. The maximum atomic E-state index is 5.58. The van der Waals surface area contributed by atoms with Gasteiger partial charge in [0.05, 0.1) is 26.9 Å². The lowest BCUT2D eigenvalue weighted by atomic mass is 9.90. The van der Waals surface area contributed by atoms with Crippen molar-refractivity contribution in [2.75, 3.05) is 0 Å². The monoisotopic (exact) mass is 879 g/mol. The Hall–Kier alpha value is -8.70. The third-order valence-electron chi connectivity index (χ3n) is 14.4. The molecule has 0 saturated carbocycles. The van der Waals surface area contributed by atoms with Gasteiger partial charge < -0.3 is 0 Å². The van der Waals surface area contributed by atoms with E-state index in [1.54, 1.807) is 0 Å². The van der Waals surface area contributed by atoms with Crippen LogP contribution in [0.4, 0.5) is 0 Å². The summed E-state index contributed by atoms with van der Waals surface area (Å²) in [6, 6.07) is 80.3. The van der Waals surface area contributed by atoms with E-state index >= 15 is 0 Å². The van der Waals surface area contributed by atoms with Crippen LogP contribution in [-0.4, -0.2) is 14.4 Å². The highest BCUT2D eigenvalue weighted by Gasteiger charge is 2.20. The molecule has 0 saturated heterocycles. The first kappa shape index (κ1) is 37.5. The van der Waals surface area contributed by atoms with Crippen molar-refractivity contribution >= 4 is 113 Å². The first-order chi connectivity index (χ1) is 33.7. The van der Waals surface area contributed by atoms with E-state index in [9.17, 15) is 0 Å². The summed E-state index contributed by atoms with van der Waals surface area (Å²) >= 11 is 1.85. The minimum absolute atomic E-state index is 1.00. The van der Waals surface area contributed by atoms with E-state index in [-0.39, 0.29) is 0 Å². The van der Waals surface area contributed by atoms with Crippen LogP contribution >= 0.6 is 11.3 Å². The Labute approximate surface area is 394 Å². The molecule has 68 heavy (non-hydrogen) atoms. The number of hydrogen-bond acceptors (Lipinski definition) is 3. The summed E-state index contributed by atoms with van der Waals surface area (Å²) in [5.74, 6) is 0. The molecule has 0 aliphatic heterocycles. The molecular formula is C64H37N3S. The van der Waals surface area contributed by atoms with Gasteiger partial charge in [-0.25, -0.2) is 4.98 Å². The Bertz CT molecular complexity index is 4600. The molecule has 15 aromatic rings. The van der Waals surface area contributed by atoms with Gasteiger partial charge >= 0.3 is 0 Å². The van der Waals surface area contributed by atoms with Gasteiger partial charge in [-0.1, -0.05) is 170 Å². The summed E-state index contributed by atoms with van der Waals surface area (Å²) < 4.78 is 4.89. The molecule has 4 heteroatoms. The molecule has 0 fully saturated rings. The van der Waals surface area contributed by atoms with Crippen LogP contribution in [0.25, 0.3) is 146 Å². The Morgan fingerprint density at radius 2 is 0.882 bits per heavy atom. The van der Waals surface area contributed by atoms with Gasteiger partial charge in [-0.05, 0) is 131 Å². The molecule has 15 rings (SSSR count). The number of rotatable bonds is 4. The fraction of sp³-hybridized carbons (Fsp3) is 0. The second kappa shape index (κ2) is 14.4. The second-order valence-electron chi connectivity index (χ2n) is 18.1. The lowest BCUT2D eigenvalue weighted by Gasteiger charge is -2.14. The van der Waals surface area contributed by atoms with Crippen molar-refractivity contribution in [3.05, 3.63) is 225 Å². The minimum Gasteiger partial charge on any atom is -0.291 e. The molecule has 0 bridgehead atoms. The number of benzene rings is 11. The number of thiophene rings is 1. The summed E-state index contributed by atoms with van der Waals surface area (Å²) in [5, 5.41) is 15.9. The van der Waals surface area contributed by atoms with Crippen LogP contribution in [0.1, 0.15) is 0 Å². The quantitative estimate of drug-likeness (QED) is 0.130. The Morgan fingerprint density at radius 1 is 0.338 bits per heavy atom. The standard InChI is InChI=1S/C64H37N3S/c1-2-11-43-33-55-46(32-42(43)10-1)27-30-58-62(55)66-64-63-57(56-34-44-12-3-4-13-45(44)36-60(56)68-63)37-59(67(58)64)41-25-23-39(24-26-41)49-29-28-48(50-15-5-6-16-51(49)50)38-19-21-40(22-20-38)54-35-47-14-9-31-65-61(47)53-18-8-7-17-52(53)54/h1-37H. The molecule has 4 heterocycles. The molecule has 0 aliphatic rings. The highest BCUT2D eigenvalue weighted by molar-refractivity contribution is 7.26. The van der Waals surface area contributed by atoms with Crippen LogP contribution in [-0.2, 0) is 0 Å². The second-order valence-corrected chi connectivity index (χ2v) is 19.2. The molecule has 0 radical (unpaired) electrons. The van der Waals surface area contributed by atoms with Gasteiger partial charge in [-0.3, -0.25) is 9.38 Å². The van der Waals surface area contributed by atoms with E-state index < -0.39 is 0 Å². The van der Waals surface area contributed by atoms with Crippen LogP contribution in [0.5, 0.6) is 0 Å². The Morgan fingerprint density at radius 3 is 1.56 bits per heavy atom. The topological polar surface area (TPSA) is 30.2 Å². The van der Waals surface area contributed by atoms with Crippen molar-refractivity contribution in [2.45, 2.75) is 0 Å². The first-order valence-electron chi connectivity index (χ1n) is 23.2. The molecule has 4 aromatic heterocycles. The fourth-order valence-corrected chi connectivity index (χ4v) is 12.3. The van der Waals surface area contributed by atoms with Gasteiger partial charge in [0, 0.05) is 37.8 Å². The largest absolute Gasteiger partial charge is 0.291 e. The maximum Gasteiger partial charge on any atom is 0.156 e. The number of nitrogens with zero attached hydrogens (tertiary/aromatic N) is 3. The average Bonchev–Trinajstić information content (AvgIpc) is 3.98. The number of hydrogen-bond donors (Lipinski definition) is 0. The van der Waals surface area contributed by atoms with Gasteiger partial charge in [0.15, 0.2) is 5.65 Å². The molecule has 0 aliphatic carbocycles. The molecule has 11 aromatic carbocycles. The zero-order valence-corrected chi connectivity index (χ0v) is 37.4. The number of pyridine rings is 2. The van der Waals surface area contributed by atoms with E-state index in [2.05, 4.69) is 217 Å². The van der Waals surface area contributed by atoms with Crippen molar-refractivity contribution in [1.82, 2.24) is 14.4 Å². The summed E-state index contributed by atoms with van der Waals surface area (Å²) in [6.45, 7) is 0. The van der Waals surface area contributed by atoms with E-state index in [1.165, 1.54) is 107 Å². The SMILES string of the molecule is c1ccc2cc3c(ccc4c3nc3c5sc6cc7ccccc7cc6c5cc(-c5ccc(-c6ccc(-c7ccc(-c8cc9cccnc9c9ccccc89)cc7)c7ccccc67)cc5)n43)cc2c1. The fourth-order valence-electron chi connectivity index (χ4n) is 11.1. The van der Waals surface area contributed by atoms with Gasteiger partial charge in [0.1, 0.15) is 0 Å². The van der Waals surface area contributed by atoms with E-state index in [0.717, 1.165) is 38.8 Å². The molecule has 0 amide bonds. The smallest absolute Gasteiger partial charge is 0.156 e. The average molecular weight is 880 g/mol. The summed E-state index contributed by atoms with van der Waals surface area (Å²) in [7, 11) is 0. The van der Waals surface area contributed by atoms with E-state index in [1.807, 2.05) is 23.6 Å². The van der Waals surface area contributed by atoms with Crippen molar-refractivity contribution < 1.29 is 0 Å². The normalized spacial score (nSPS) is 12.1. The third-order valence-corrected chi connectivity index (χ3v) is 15.5. The van der Waals surface area contributed by atoms with E-state index in [0.29, 0.717) is 0 Å². The molecule has 3 nitrogen and oxygen atoms in total. The molecular weight excluding hydrogens is 843 g/mol. The predicted molar refractivity (Wildman–Crippen MR) is 290 cm³/mol. The predicted octanol–water partition coefficient (Wildman–Crippen LogP) is 17.8. The zero-order valence-electron chi connectivity index (χ0n) is 36.6. The van der Waals surface area contributed by atoms with Gasteiger partial charge in [0.25, 0.3) is 0 Å². The third kappa shape index (κ3) is 5.59. The Balaban J connectivity index is 0.862. The maximum absolute atomic E-state index is 5.58. The summed E-state index contributed by atoms with van der Waals surface area (Å²) in [6.07, 6.45) is 1.88. The lowest BCUT2D eigenvalue weighted by molar-refractivity contribution is 1.25. The van der Waals surface area contributed by atoms with Crippen LogP contribution in [0, 0.1) is 0 Å². The minimum atomic E-state index is 1.00. The van der Waals surface area contributed by atoms with Crippen LogP contribution in [0.15, 0.2) is 225 Å². The zero-order chi connectivity index (χ0) is 44.5. The van der Waals surface area contributed by atoms with Gasteiger partial charge in [-0.2, -0.15) is 0 Å². The number of fused-ring (bicyclic) bond motifs is 15. The van der Waals surface area contributed by atoms with Crippen LogP contribution in [0.3, 0.4) is 0 Å². The summed E-state index contributed by atoms with van der Waals surface area (Å²) in [4.78, 5) is 10.3. The molecule has 0 unspecified atom stereocenters. The van der Waals surface area contributed by atoms with Crippen molar-refractivity contribution in [2.24, 2.45) is 0 Å². The first-order valence-corrected chi connectivity index (χ1v) is 24.0. The molecule has 0 N–H and O–H groups in total. The van der Waals surface area contributed by atoms with Crippen molar-refractivity contribution in [3.8, 4) is 44.6 Å². The van der Waals surface area contributed by atoms with Crippen LogP contribution in [0.2, 0.25) is 0 Å².